The minimum absolute atomic E-state index is 0.819. The van der Waals surface area contributed by atoms with Crippen LogP contribution in [0.5, 0.6) is 0 Å². The molecule has 0 unspecified atom stereocenters. The van der Waals surface area contributed by atoms with Crippen LogP contribution in [-0.2, 0) is 13.1 Å². The molecule has 0 aliphatic heterocycles. The highest BCUT2D eigenvalue weighted by molar-refractivity contribution is 5.01. The van der Waals surface area contributed by atoms with Crippen molar-refractivity contribution in [1.29, 1.82) is 0 Å². The second-order valence-corrected chi connectivity index (χ2v) is 3.55. The van der Waals surface area contributed by atoms with Gasteiger partial charge in [0.2, 0.25) is 0 Å². The van der Waals surface area contributed by atoms with Gasteiger partial charge in [-0.05, 0) is 19.0 Å². The van der Waals surface area contributed by atoms with Crippen molar-refractivity contribution in [3.8, 4) is 0 Å². The van der Waals surface area contributed by atoms with Crippen LogP contribution in [0.25, 0.3) is 0 Å². The summed E-state index contributed by atoms with van der Waals surface area (Å²) in [7, 11) is 0. The minimum atomic E-state index is 0.819. The predicted molar refractivity (Wildman–Crippen MR) is 60.6 cm³/mol. The highest BCUT2D eigenvalue weighted by Gasteiger charge is 1.93. The predicted octanol–water partition coefficient (Wildman–Crippen LogP) is 0.853. The van der Waals surface area contributed by atoms with E-state index >= 15 is 0 Å². The third-order valence-electron chi connectivity index (χ3n) is 2.24. The SMILES string of the molecule is c1cnn(CCCNCc2cncnc2)c1. The summed E-state index contributed by atoms with van der Waals surface area (Å²) in [6.45, 7) is 2.74. The largest absolute Gasteiger partial charge is 0.312 e. The van der Waals surface area contributed by atoms with Crippen LogP contribution in [0.1, 0.15) is 12.0 Å². The highest BCUT2D eigenvalue weighted by atomic mass is 15.3. The van der Waals surface area contributed by atoms with Crippen LogP contribution >= 0.6 is 0 Å². The molecule has 0 atom stereocenters. The number of hydrogen-bond acceptors (Lipinski definition) is 4. The molecule has 2 heterocycles. The molecule has 0 amide bonds. The standard InChI is InChI=1S/C11H15N5/c1(5-16-6-2-4-15-16)3-12-7-11-8-13-10-14-9-11/h2,4,6,8-10,12H,1,3,5,7H2. The van der Waals surface area contributed by atoms with Gasteiger partial charge in [0, 0.05) is 43.4 Å². The Hall–Kier alpha value is -1.75. The summed E-state index contributed by atoms with van der Waals surface area (Å²) in [5.74, 6) is 0. The number of aryl methyl sites for hydroxylation is 1. The van der Waals surface area contributed by atoms with E-state index in [1.807, 2.05) is 29.3 Å². The van der Waals surface area contributed by atoms with Crippen LogP contribution in [0.3, 0.4) is 0 Å². The van der Waals surface area contributed by atoms with Gasteiger partial charge in [-0.15, -0.1) is 0 Å². The Bertz CT molecular complexity index is 384. The highest BCUT2D eigenvalue weighted by Crippen LogP contribution is 1.92. The molecule has 16 heavy (non-hydrogen) atoms. The lowest BCUT2D eigenvalue weighted by Gasteiger charge is -2.04. The number of nitrogens with one attached hydrogen (secondary N) is 1. The molecule has 0 aliphatic rings. The van der Waals surface area contributed by atoms with E-state index in [2.05, 4.69) is 20.4 Å². The second kappa shape index (κ2) is 5.97. The smallest absolute Gasteiger partial charge is 0.115 e. The van der Waals surface area contributed by atoms with Crippen LogP contribution in [0.15, 0.2) is 37.2 Å². The first-order valence-corrected chi connectivity index (χ1v) is 5.37. The maximum Gasteiger partial charge on any atom is 0.115 e. The maximum atomic E-state index is 4.14. The van der Waals surface area contributed by atoms with Crippen LogP contribution in [0.2, 0.25) is 0 Å². The zero-order valence-corrected chi connectivity index (χ0v) is 9.08. The molecular weight excluding hydrogens is 202 g/mol. The van der Waals surface area contributed by atoms with E-state index in [0.717, 1.165) is 31.6 Å². The molecular formula is C11H15N5. The van der Waals surface area contributed by atoms with Crippen molar-refractivity contribution in [3.05, 3.63) is 42.7 Å². The molecule has 1 N–H and O–H groups in total. The van der Waals surface area contributed by atoms with Gasteiger partial charge in [-0.3, -0.25) is 4.68 Å². The van der Waals surface area contributed by atoms with Gasteiger partial charge in [0.15, 0.2) is 0 Å². The minimum Gasteiger partial charge on any atom is -0.312 e. The molecule has 0 spiro atoms. The summed E-state index contributed by atoms with van der Waals surface area (Å²) in [6, 6.07) is 1.94. The lowest BCUT2D eigenvalue weighted by molar-refractivity contribution is 0.543. The molecule has 0 saturated heterocycles. The van der Waals surface area contributed by atoms with E-state index in [4.69, 9.17) is 0 Å². The molecule has 0 aromatic carbocycles. The van der Waals surface area contributed by atoms with Crippen molar-refractivity contribution >= 4 is 0 Å². The number of aromatic nitrogens is 4. The third kappa shape index (κ3) is 3.43. The Morgan fingerprint density at radius 2 is 2.12 bits per heavy atom. The average Bonchev–Trinajstić information content (AvgIpc) is 2.83. The van der Waals surface area contributed by atoms with E-state index in [-0.39, 0.29) is 0 Å². The fourth-order valence-electron chi connectivity index (χ4n) is 1.45. The number of rotatable bonds is 6. The molecule has 5 heteroatoms. The van der Waals surface area contributed by atoms with Crippen LogP contribution in [0, 0.1) is 0 Å². The third-order valence-corrected chi connectivity index (χ3v) is 2.24. The van der Waals surface area contributed by atoms with Crippen LogP contribution in [-0.4, -0.2) is 26.3 Å². The van der Waals surface area contributed by atoms with E-state index in [1.165, 1.54) is 0 Å². The average molecular weight is 217 g/mol. The first kappa shape index (κ1) is 10.8. The Morgan fingerprint density at radius 1 is 1.25 bits per heavy atom. The van der Waals surface area contributed by atoms with E-state index < -0.39 is 0 Å². The molecule has 2 aromatic heterocycles. The summed E-state index contributed by atoms with van der Waals surface area (Å²) < 4.78 is 1.94. The maximum absolute atomic E-state index is 4.14. The summed E-state index contributed by atoms with van der Waals surface area (Å²) >= 11 is 0. The lowest BCUT2D eigenvalue weighted by Crippen LogP contribution is -2.16. The van der Waals surface area contributed by atoms with Crippen molar-refractivity contribution in [2.24, 2.45) is 0 Å². The van der Waals surface area contributed by atoms with E-state index in [0.29, 0.717) is 0 Å². The van der Waals surface area contributed by atoms with Gasteiger partial charge < -0.3 is 5.32 Å². The Labute approximate surface area is 94.5 Å². The summed E-state index contributed by atoms with van der Waals surface area (Å²) in [5, 5.41) is 7.48. The Balaban J connectivity index is 1.59. The molecule has 5 nitrogen and oxygen atoms in total. The van der Waals surface area contributed by atoms with Crippen molar-refractivity contribution in [1.82, 2.24) is 25.1 Å². The number of hydrogen-bond donors (Lipinski definition) is 1. The molecule has 2 aromatic rings. The van der Waals surface area contributed by atoms with Gasteiger partial charge in [-0.1, -0.05) is 0 Å². The summed E-state index contributed by atoms with van der Waals surface area (Å²) in [4.78, 5) is 7.92. The molecule has 84 valence electrons. The first-order chi connectivity index (χ1) is 7.95. The van der Waals surface area contributed by atoms with Crippen molar-refractivity contribution in [3.63, 3.8) is 0 Å². The number of nitrogens with zero attached hydrogens (tertiary/aromatic N) is 4. The van der Waals surface area contributed by atoms with E-state index in [9.17, 15) is 0 Å². The topological polar surface area (TPSA) is 55.6 Å². The van der Waals surface area contributed by atoms with Gasteiger partial charge in [-0.25, -0.2) is 9.97 Å². The molecule has 2 rings (SSSR count). The van der Waals surface area contributed by atoms with Crippen molar-refractivity contribution in [2.75, 3.05) is 6.54 Å². The fourth-order valence-corrected chi connectivity index (χ4v) is 1.45. The van der Waals surface area contributed by atoms with Gasteiger partial charge in [-0.2, -0.15) is 5.10 Å². The fraction of sp³-hybridized carbons (Fsp3) is 0.364. The second-order valence-electron chi connectivity index (χ2n) is 3.55. The molecule has 0 saturated carbocycles. The first-order valence-electron chi connectivity index (χ1n) is 5.37. The van der Waals surface area contributed by atoms with E-state index in [1.54, 1.807) is 12.5 Å². The van der Waals surface area contributed by atoms with Gasteiger partial charge in [0.05, 0.1) is 0 Å². The molecule has 0 bridgehead atoms. The van der Waals surface area contributed by atoms with Gasteiger partial charge >= 0.3 is 0 Å². The Kier molecular flexibility index (Phi) is 4.01. The van der Waals surface area contributed by atoms with Crippen molar-refractivity contribution in [2.45, 2.75) is 19.5 Å². The zero-order chi connectivity index (χ0) is 11.1. The Morgan fingerprint density at radius 3 is 2.88 bits per heavy atom. The lowest BCUT2D eigenvalue weighted by atomic mass is 10.3. The summed E-state index contributed by atoms with van der Waals surface area (Å²) in [5.41, 5.74) is 1.11. The molecule has 0 aliphatic carbocycles. The normalized spacial score (nSPS) is 10.5. The molecule has 0 fully saturated rings. The van der Waals surface area contributed by atoms with Crippen molar-refractivity contribution < 1.29 is 0 Å². The van der Waals surface area contributed by atoms with Gasteiger partial charge in [0.1, 0.15) is 6.33 Å². The zero-order valence-electron chi connectivity index (χ0n) is 9.08. The molecule has 0 radical (unpaired) electrons. The van der Waals surface area contributed by atoms with Crippen LogP contribution < -0.4 is 5.32 Å². The monoisotopic (exact) mass is 217 g/mol. The van der Waals surface area contributed by atoms with Crippen LogP contribution in [0.4, 0.5) is 0 Å². The quantitative estimate of drug-likeness (QED) is 0.729. The van der Waals surface area contributed by atoms with Gasteiger partial charge in [0.25, 0.3) is 0 Å². The summed E-state index contributed by atoms with van der Waals surface area (Å²) in [6.07, 6.45) is 10.0.